The van der Waals surface area contributed by atoms with Gasteiger partial charge < -0.3 is 0 Å². The van der Waals surface area contributed by atoms with Crippen LogP contribution in [-0.2, 0) is 10.0 Å². The second-order valence-electron chi connectivity index (χ2n) is 6.12. The minimum Gasteiger partial charge on any atom is -0.228 e. The van der Waals surface area contributed by atoms with Crippen molar-refractivity contribution in [1.29, 1.82) is 0 Å². The summed E-state index contributed by atoms with van der Waals surface area (Å²) in [5.74, 6) is 0. The molecular formula is C10H21NO2S. The Balaban J connectivity index is 2.93. The molecule has 0 heterocycles. The lowest BCUT2D eigenvalue weighted by Gasteiger charge is -2.44. The van der Waals surface area contributed by atoms with Crippen molar-refractivity contribution in [3.8, 4) is 0 Å². The summed E-state index contributed by atoms with van der Waals surface area (Å²) >= 11 is 0. The molecule has 1 rings (SSSR count). The van der Waals surface area contributed by atoms with Gasteiger partial charge in [-0.2, -0.15) is 0 Å². The monoisotopic (exact) mass is 219 g/mol. The van der Waals surface area contributed by atoms with Crippen LogP contribution in [-0.4, -0.2) is 13.7 Å². The maximum Gasteiger partial charge on any atom is 0.212 e. The fourth-order valence-electron chi connectivity index (χ4n) is 2.98. The van der Waals surface area contributed by atoms with Crippen LogP contribution in [0.15, 0.2) is 0 Å². The van der Waals surface area contributed by atoms with Gasteiger partial charge in [0.25, 0.3) is 0 Å². The molecule has 0 atom stereocenters. The predicted molar refractivity (Wildman–Crippen MR) is 58.3 cm³/mol. The Morgan fingerprint density at radius 2 is 1.43 bits per heavy atom. The third kappa shape index (κ3) is 2.95. The quantitative estimate of drug-likeness (QED) is 0.732. The SMILES string of the molecule is CC1(C)CC(S(N)(=O)=O)CC(C)(C)C1. The summed E-state index contributed by atoms with van der Waals surface area (Å²) in [4.78, 5) is 0. The average molecular weight is 219 g/mol. The first kappa shape index (κ1) is 12.0. The highest BCUT2D eigenvalue weighted by Gasteiger charge is 2.42. The Kier molecular flexibility index (Phi) is 2.74. The smallest absolute Gasteiger partial charge is 0.212 e. The van der Waals surface area contributed by atoms with Gasteiger partial charge in [-0.25, -0.2) is 13.6 Å². The second-order valence-corrected chi connectivity index (χ2v) is 7.97. The number of sulfonamides is 1. The van der Waals surface area contributed by atoms with Crippen molar-refractivity contribution in [2.75, 3.05) is 0 Å². The van der Waals surface area contributed by atoms with E-state index >= 15 is 0 Å². The minimum atomic E-state index is -3.37. The molecule has 0 radical (unpaired) electrons. The first-order valence-electron chi connectivity index (χ1n) is 5.04. The Hall–Kier alpha value is -0.0900. The van der Waals surface area contributed by atoms with E-state index in [1.165, 1.54) is 0 Å². The van der Waals surface area contributed by atoms with Gasteiger partial charge in [-0.1, -0.05) is 27.7 Å². The molecule has 0 spiro atoms. The Morgan fingerprint density at radius 3 is 1.71 bits per heavy atom. The molecule has 1 aliphatic rings. The van der Waals surface area contributed by atoms with E-state index in [4.69, 9.17) is 5.14 Å². The van der Waals surface area contributed by atoms with Crippen molar-refractivity contribution < 1.29 is 8.42 Å². The normalized spacial score (nSPS) is 27.5. The summed E-state index contributed by atoms with van der Waals surface area (Å²) in [6, 6.07) is 0. The van der Waals surface area contributed by atoms with E-state index in [1.54, 1.807) is 0 Å². The molecule has 0 amide bonds. The molecule has 0 aliphatic heterocycles. The van der Waals surface area contributed by atoms with Gasteiger partial charge >= 0.3 is 0 Å². The van der Waals surface area contributed by atoms with E-state index in [2.05, 4.69) is 27.7 Å². The average Bonchev–Trinajstić information content (AvgIpc) is 1.76. The van der Waals surface area contributed by atoms with Gasteiger partial charge in [-0.05, 0) is 30.1 Å². The highest BCUT2D eigenvalue weighted by Crippen LogP contribution is 2.47. The number of nitrogens with two attached hydrogens (primary N) is 1. The van der Waals surface area contributed by atoms with Gasteiger partial charge in [0.15, 0.2) is 0 Å². The lowest BCUT2D eigenvalue weighted by atomic mass is 9.65. The van der Waals surface area contributed by atoms with E-state index in [-0.39, 0.29) is 16.1 Å². The van der Waals surface area contributed by atoms with E-state index in [0.717, 1.165) is 6.42 Å². The predicted octanol–water partition coefficient (Wildman–Crippen LogP) is 1.88. The summed E-state index contributed by atoms with van der Waals surface area (Å²) in [7, 11) is -3.37. The van der Waals surface area contributed by atoms with Crippen LogP contribution >= 0.6 is 0 Å². The van der Waals surface area contributed by atoms with Crippen molar-refractivity contribution in [1.82, 2.24) is 0 Å². The summed E-state index contributed by atoms with van der Waals surface area (Å²) in [6.45, 7) is 8.47. The molecule has 14 heavy (non-hydrogen) atoms. The summed E-state index contributed by atoms with van der Waals surface area (Å²) < 4.78 is 22.7. The van der Waals surface area contributed by atoms with Gasteiger partial charge in [0.2, 0.25) is 10.0 Å². The molecule has 0 aromatic rings. The van der Waals surface area contributed by atoms with E-state index in [1.807, 2.05) is 0 Å². The maximum absolute atomic E-state index is 11.3. The molecule has 0 aromatic carbocycles. The van der Waals surface area contributed by atoms with Crippen molar-refractivity contribution in [2.24, 2.45) is 16.0 Å². The fourth-order valence-corrected chi connectivity index (χ4v) is 4.34. The third-order valence-electron chi connectivity index (χ3n) is 2.98. The molecule has 0 bridgehead atoms. The summed E-state index contributed by atoms with van der Waals surface area (Å²) in [5, 5.41) is 4.86. The zero-order chi connectivity index (χ0) is 11.2. The summed E-state index contributed by atoms with van der Waals surface area (Å²) in [6.07, 6.45) is 2.44. The standard InChI is InChI=1S/C10H21NO2S/c1-9(2)5-8(14(11,12)13)6-10(3,4)7-9/h8H,5-7H2,1-4H3,(H2,11,12,13). The van der Waals surface area contributed by atoms with Gasteiger partial charge in [-0.3, -0.25) is 0 Å². The first-order chi connectivity index (χ1) is 6.02. The number of hydrogen-bond donors (Lipinski definition) is 1. The largest absolute Gasteiger partial charge is 0.228 e. The summed E-state index contributed by atoms with van der Waals surface area (Å²) in [5.41, 5.74) is 0.164. The highest BCUT2D eigenvalue weighted by atomic mass is 32.2. The highest BCUT2D eigenvalue weighted by molar-refractivity contribution is 7.89. The van der Waals surface area contributed by atoms with Crippen molar-refractivity contribution >= 4 is 10.0 Å². The van der Waals surface area contributed by atoms with Gasteiger partial charge in [0.1, 0.15) is 0 Å². The minimum absolute atomic E-state index is 0.0822. The molecule has 84 valence electrons. The van der Waals surface area contributed by atoms with Crippen molar-refractivity contribution in [2.45, 2.75) is 52.2 Å². The Bertz CT molecular complexity index is 301. The van der Waals surface area contributed by atoms with E-state index in [0.29, 0.717) is 12.8 Å². The van der Waals surface area contributed by atoms with Crippen LogP contribution in [0.2, 0.25) is 0 Å². The molecule has 3 nitrogen and oxygen atoms in total. The molecule has 2 N–H and O–H groups in total. The van der Waals surface area contributed by atoms with Crippen molar-refractivity contribution in [3.05, 3.63) is 0 Å². The Labute approximate surface area is 87.1 Å². The molecule has 0 aromatic heterocycles. The van der Waals surface area contributed by atoms with Crippen LogP contribution in [0.25, 0.3) is 0 Å². The molecule has 1 aliphatic carbocycles. The van der Waals surface area contributed by atoms with Crippen LogP contribution in [0.1, 0.15) is 47.0 Å². The van der Waals surface area contributed by atoms with Crippen LogP contribution in [0.3, 0.4) is 0 Å². The third-order valence-corrected chi connectivity index (χ3v) is 4.24. The fraction of sp³-hybridized carbons (Fsp3) is 1.00. The number of rotatable bonds is 1. The molecule has 1 fully saturated rings. The molecule has 4 heteroatoms. The van der Waals surface area contributed by atoms with Crippen LogP contribution in [0.4, 0.5) is 0 Å². The van der Waals surface area contributed by atoms with E-state index in [9.17, 15) is 8.42 Å². The molecule has 0 saturated heterocycles. The van der Waals surface area contributed by atoms with Crippen molar-refractivity contribution in [3.63, 3.8) is 0 Å². The number of hydrogen-bond acceptors (Lipinski definition) is 2. The lowest BCUT2D eigenvalue weighted by Crippen LogP contribution is -2.42. The van der Waals surface area contributed by atoms with Crippen LogP contribution in [0.5, 0.6) is 0 Å². The van der Waals surface area contributed by atoms with Crippen LogP contribution in [0, 0.1) is 10.8 Å². The Morgan fingerprint density at radius 1 is 1.07 bits per heavy atom. The molecule has 0 unspecified atom stereocenters. The zero-order valence-corrected chi connectivity index (χ0v) is 10.3. The van der Waals surface area contributed by atoms with Crippen LogP contribution < -0.4 is 5.14 Å². The molecular weight excluding hydrogens is 198 g/mol. The van der Waals surface area contributed by atoms with Gasteiger partial charge in [0, 0.05) is 0 Å². The maximum atomic E-state index is 11.3. The second kappa shape index (κ2) is 3.20. The lowest BCUT2D eigenvalue weighted by molar-refractivity contribution is 0.118. The zero-order valence-electron chi connectivity index (χ0n) is 9.50. The van der Waals surface area contributed by atoms with Gasteiger partial charge in [0.05, 0.1) is 5.25 Å². The van der Waals surface area contributed by atoms with E-state index < -0.39 is 10.0 Å². The molecule has 1 saturated carbocycles. The first-order valence-corrected chi connectivity index (χ1v) is 6.64. The number of primary sulfonamides is 1. The topological polar surface area (TPSA) is 60.2 Å². The van der Waals surface area contributed by atoms with Gasteiger partial charge in [-0.15, -0.1) is 0 Å².